The molecule has 1 aromatic heterocycles. The standard InChI is InChI=1S/C21H20Cl2N4O3S2/c1-27-18(11-31-10-14-3-6-15(22)9-17(14)23)25-26-21(27)32-12-19(28)24-16-7-4-13(5-8-16)20(29)30-2/h3-9H,10-12H2,1-2H3,(H,24,28). The van der Waals surface area contributed by atoms with Crippen molar-refractivity contribution in [1.82, 2.24) is 14.8 Å². The molecule has 0 spiro atoms. The first-order valence-corrected chi connectivity index (χ1v) is 12.3. The highest BCUT2D eigenvalue weighted by atomic mass is 35.5. The van der Waals surface area contributed by atoms with Crippen LogP contribution in [-0.4, -0.2) is 39.5 Å². The van der Waals surface area contributed by atoms with E-state index in [4.69, 9.17) is 23.2 Å². The van der Waals surface area contributed by atoms with Gasteiger partial charge in [0.2, 0.25) is 5.91 Å². The number of benzene rings is 2. The Bertz CT molecular complexity index is 1110. The predicted octanol–water partition coefficient (Wildman–Crippen LogP) is 5.07. The number of carbonyl (C=O) groups is 2. The van der Waals surface area contributed by atoms with Gasteiger partial charge in [0, 0.05) is 28.5 Å². The minimum absolute atomic E-state index is 0.179. The van der Waals surface area contributed by atoms with Crippen LogP contribution in [-0.2, 0) is 28.1 Å². The van der Waals surface area contributed by atoms with Crippen molar-refractivity contribution in [2.45, 2.75) is 16.7 Å². The van der Waals surface area contributed by atoms with Crippen LogP contribution in [0.2, 0.25) is 10.0 Å². The van der Waals surface area contributed by atoms with Crippen molar-refractivity contribution in [3.05, 3.63) is 69.5 Å². The fourth-order valence-electron chi connectivity index (χ4n) is 2.62. The Kier molecular flexibility index (Phi) is 8.86. The average Bonchev–Trinajstić information content (AvgIpc) is 3.13. The molecule has 3 rings (SSSR count). The summed E-state index contributed by atoms with van der Waals surface area (Å²) in [5.41, 5.74) is 2.02. The molecule has 1 amide bonds. The van der Waals surface area contributed by atoms with E-state index in [2.05, 4.69) is 20.3 Å². The van der Waals surface area contributed by atoms with Gasteiger partial charge in [0.1, 0.15) is 5.82 Å². The maximum Gasteiger partial charge on any atom is 0.337 e. The molecule has 168 valence electrons. The summed E-state index contributed by atoms with van der Waals surface area (Å²) >= 11 is 15.1. The summed E-state index contributed by atoms with van der Waals surface area (Å²) in [4.78, 5) is 23.7. The Morgan fingerprint density at radius 1 is 1.09 bits per heavy atom. The number of hydrogen-bond donors (Lipinski definition) is 1. The van der Waals surface area contributed by atoms with Gasteiger partial charge in [-0.3, -0.25) is 4.79 Å². The summed E-state index contributed by atoms with van der Waals surface area (Å²) in [6.07, 6.45) is 0. The maximum atomic E-state index is 12.3. The second kappa shape index (κ2) is 11.6. The molecule has 7 nitrogen and oxygen atoms in total. The Balaban J connectivity index is 1.47. The van der Waals surface area contributed by atoms with Crippen molar-refractivity contribution in [3.8, 4) is 0 Å². The molecule has 0 saturated heterocycles. The Morgan fingerprint density at radius 3 is 2.53 bits per heavy atom. The van der Waals surface area contributed by atoms with Crippen molar-refractivity contribution in [1.29, 1.82) is 0 Å². The van der Waals surface area contributed by atoms with Crippen LogP contribution in [0, 0.1) is 0 Å². The van der Waals surface area contributed by atoms with Gasteiger partial charge in [-0.1, -0.05) is 41.0 Å². The quantitative estimate of drug-likeness (QED) is 0.317. The summed E-state index contributed by atoms with van der Waals surface area (Å²) in [5.74, 6) is 1.76. The number of thioether (sulfide) groups is 2. The molecule has 3 aromatic rings. The predicted molar refractivity (Wildman–Crippen MR) is 130 cm³/mol. The lowest BCUT2D eigenvalue weighted by atomic mass is 10.2. The van der Waals surface area contributed by atoms with Gasteiger partial charge in [-0.05, 0) is 42.0 Å². The van der Waals surface area contributed by atoms with Crippen molar-refractivity contribution in [2.24, 2.45) is 7.05 Å². The van der Waals surface area contributed by atoms with Crippen LogP contribution in [0.4, 0.5) is 5.69 Å². The van der Waals surface area contributed by atoms with Gasteiger partial charge in [-0.25, -0.2) is 4.79 Å². The van der Waals surface area contributed by atoms with E-state index < -0.39 is 5.97 Å². The molecule has 32 heavy (non-hydrogen) atoms. The minimum atomic E-state index is -0.425. The fraction of sp³-hybridized carbons (Fsp3) is 0.238. The smallest absolute Gasteiger partial charge is 0.337 e. The first-order valence-electron chi connectivity index (χ1n) is 9.38. The van der Waals surface area contributed by atoms with E-state index in [0.29, 0.717) is 32.2 Å². The van der Waals surface area contributed by atoms with E-state index in [1.54, 1.807) is 42.1 Å². The number of methoxy groups -OCH3 is 1. The van der Waals surface area contributed by atoms with Gasteiger partial charge in [0.15, 0.2) is 5.16 Å². The Hall–Kier alpha value is -2.20. The van der Waals surface area contributed by atoms with Crippen molar-refractivity contribution < 1.29 is 14.3 Å². The lowest BCUT2D eigenvalue weighted by Gasteiger charge is -2.07. The molecular weight excluding hydrogens is 491 g/mol. The molecule has 1 heterocycles. The number of esters is 1. The lowest BCUT2D eigenvalue weighted by molar-refractivity contribution is -0.113. The molecule has 0 radical (unpaired) electrons. The summed E-state index contributed by atoms with van der Waals surface area (Å²) in [6, 6.07) is 12.0. The summed E-state index contributed by atoms with van der Waals surface area (Å²) in [6.45, 7) is 0. The van der Waals surface area contributed by atoms with Gasteiger partial charge < -0.3 is 14.6 Å². The molecule has 0 aliphatic carbocycles. The summed E-state index contributed by atoms with van der Waals surface area (Å²) in [7, 11) is 3.19. The number of halogens is 2. The highest BCUT2D eigenvalue weighted by Crippen LogP contribution is 2.26. The average molecular weight is 511 g/mol. The van der Waals surface area contributed by atoms with Crippen molar-refractivity contribution >= 4 is 64.3 Å². The van der Waals surface area contributed by atoms with E-state index in [9.17, 15) is 9.59 Å². The van der Waals surface area contributed by atoms with Crippen molar-refractivity contribution in [3.63, 3.8) is 0 Å². The first kappa shape index (κ1) is 24.4. The second-order valence-corrected chi connectivity index (χ2v) is 9.36. The van der Waals surface area contributed by atoms with E-state index >= 15 is 0 Å². The lowest BCUT2D eigenvalue weighted by Crippen LogP contribution is -2.14. The minimum Gasteiger partial charge on any atom is -0.465 e. The molecule has 0 aliphatic rings. The van der Waals surface area contributed by atoms with Crippen LogP contribution in [0.1, 0.15) is 21.7 Å². The normalized spacial score (nSPS) is 10.8. The molecule has 0 bridgehead atoms. The topological polar surface area (TPSA) is 86.1 Å². The number of hydrogen-bond acceptors (Lipinski definition) is 7. The van der Waals surface area contributed by atoms with Crippen molar-refractivity contribution in [2.75, 3.05) is 18.2 Å². The van der Waals surface area contributed by atoms with Gasteiger partial charge >= 0.3 is 5.97 Å². The SMILES string of the molecule is COC(=O)c1ccc(NC(=O)CSc2nnc(CSCc3ccc(Cl)cc3Cl)n2C)cc1. The molecule has 0 unspecified atom stereocenters. The number of nitrogens with one attached hydrogen (secondary N) is 1. The summed E-state index contributed by atoms with van der Waals surface area (Å²) < 4.78 is 6.53. The number of carbonyl (C=O) groups excluding carboxylic acids is 2. The Labute approximate surface area is 204 Å². The van der Waals surface area contributed by atoms with Gasteiger partial charge in [0.05, 0.1) is 24.2 Å². The number of rotatable bonds is 9. The number of ether oxygens (including phenoxy) is 1. The van der Waals surface area contributed by atoms with Gasteiger partial charge in [-0.2, -0.15) is 0 Å². The van der Waals surface area contributed by atoms with E-state index in [-0.39, 0.29) is 11.7 Å². The zero-order chi connectivity index (χ0) is 23.1. The molecule has 2 aromatic carbocycles. The molecule has 0 atom stereocenters. The van der Waals surface area contributed by atoms with E-state index in [1.807, 2.05) is 23.7 Å². The van der Waals surface area contributed by atoms with E-state index in [1.165, 1.54) is 18.9 Å². The number of anilines is 1. The van der Waals surface area contributed by atoms with Crippen LogP contribution < -0.4 is 5.32 Å². The van der Waals surface area contributed by atoms with Crippen LogP contribution in [0.25, 0.3) is 0 Å². The van der Waals surface area contributed by atoms with Gasteiger partial charge in [0.25, 0.3) is 0 Å². The number of amides is 1. The third kappa shape index (κ3) is 6.65. The largest absolute Gasteiger partial charge is 0.465 e. The molecule has 0 aliphatic heterocycles. The van der Waals surface area contributed by atoms with Crippen LogP contribution >= 0.6 is 46.7 Å². The third-order valence-corrected chi connectivity index (χ3v) is 6.94. The zero-order valence-electron chi connectivity index (χ0n) is 17.3. The molecule has 0 fully saturated rings. The maximum absolute atomic E-state index is 12.3. The first-order chi connectivity index (χ1) is 15.4. The summed E-state index contributed by atoms with van der Waals surface area (Å²) in [5, 5.41) is 13.1. The molecular formula is C21H20Cl2N4O3S2. The van der Waals surface area contributed by atoms with E-state index in [0.717, 1.165) is 17.1 Å². The molecule has 0 saturated carbocycles. The monoisotopic (exact) mass is 510 g/mol. The molecule has 11 heteroatoms. The zero-order valence-corrected chi connectivity index (χ0v) is 20.4. The number of aromatic nitrogens is 3. The highest BCUT2D eigenvalue weighted by molar-refractivity contribution is 7.99. The van der Waals surface area contributed by atoms with Crippen LogP contribution in [0.3, 0.4) is 0 Å². The van der Waals surface area contributed by atoms with Crippen LogP contribution in [0.5, 0.6) is 0 Å². The third-order valence-electron chi connectivity index (χ3n) is 4.35. The van der Waals surface area contributed by atoms with Gasteiger partial charge in [-0.15, -0.1) is 22.0 Å². The van der Waals surface area contributed by atoms with Crippen LogP contribution in [0.15, 0.2) is 47.6 Å². The Morgan fingerprint density at radius 2 is 1.84 bits per heavy atom. The number of nitrogens with zero attached hydrogens (tertiary/aromatic N) is 3. The molecule has 1 N–H and O–H groups in total. The highest BCUT2D eigenvalue weighted by Gasteiger charge is 2.13. The second-order valence-electron chi connectivity index (χ2n) is 6.59. The fourth-order valence-corrected chi connectivity index (χ4v) is 4.91.